The summed E-state index contributed by atoms with van der Waals surface area (Å²) in [5.74, 6) is 0.189. The quantitative estimate of drug-likeness (QED) is 0.767. The molecule has 1 aliphatic heterocycles. The van der Waals surface area contributed by atoms with Crippen LogP contribution in [-0.2, 0) is 4.74 Å². The molecule has 1 unspecified atom stereocenters. The fourth-order valence-electron chi connectivity index (χ4n) is 3.21. The van der Waals surface area contributed by atoms with Gasteiger partial charge in [-0.15, -0.1) is 0 Å². The number of carbonyl (C=O) groups excluding carboxylic acids is 1. The van der Waals surface area contributed by atoms with Gasteiger partial charge < -0.3 is 4.74 Å². The number of Topliss-reactive ketones (excluding diaryl/α,β-unsaturated/α-hetero) is 1. The van der Waals surface area contributed by atoms with Crippen molar-refractivity contribution >= 4 is 5.78 Å². The third kappa shape index (κ3) is 3.74. The number of benzene rings is 2. The first-order valence-corrected chi connectivity index (χ1v) is 8.74. The Bertz CT molecular complexity index is 687. The average Bonchev–Trinajstić information content (AvgIpc) is 2.67. The van der Waals surface area contributed by atoms with Crippen LogP contribution in [0.15, 0.2) is 48.5 Å². The molecule has 24 heavy (non-hydrogen) atoms. The molecule has 1 atom stereocenters. The van der Waals surface area contributed by atoms with Crippen LogP contribution in [0.5, 0.6) is 0 Å². The van der Waals surface area contributed by atoms with E-state index in [1.54, 1.807) is 0 Å². The summed E-state index contributed by atoms with van der Waals surface area (Å²) in [7, 11) is 0. The van der Waals surface area contributed by atoms with Crippen molar-refractivity contribution in [1.29, 1.82) is 0 Å². The molecule has 2 aromatic rings. The van der Waals surface area contributed by atoms with Gasteiger partial charge in [0.25, 0.3) is 0 Å². The van der Waals surface area contributed by atoms with Gasteiger partial charge in [0.2, 0.25) is 0 Å². The maximum Gasteiger partial charge on any atom is 0.162 e. The highest BCUT2D eigenvalue weighted by molar-refractivity contribution is 5.97. The van der Waals surface area contributed by atoms with E-state index in [0.717, 1.165) is 43.0 Å². The molecule has 3 nitrogen and oxygen atoms in total. The van der Waals surface area contributed by atoms with Crippen molar-refractivity contribution in [3.63, 3.8) is 0 Å². The van der Waals surface area contributed by atoms with Crippen molar-refractivity contribution in [2.75, 3.05) is 26.3 Å². The molecule has 1 aliphatic rings. The lowest BCUT2D eigenvalue weighted by atomic mass is 9.98. The van der Waals surface area contributed by atoms with Crippen molar-refractivity contribution in [2.45, 2.75) is 26.3 Å². The summed E-state index contributed by atoms with van der Waals surface area (Å²) in [6.45, 7) is 7.77. The maximum absolute atomic E-state index is 11.9. The summed E-state index contributed by atoms with van der Waals surface area (Å²) in [6.07, 6.45) is 0.541. The number of rotatable bonds is 5. The molecule has 0 saturated carbocycles. The molecule has 1 saturated heterocycles. The lowest BCUT2D eigenvalue weighted by molar-refractivity contribution is 0.0198. The average molecular weight is 323 g/mol. The highest BCUT2D eigenvalue weighted by atomic mass is 16.5. The van der Waals surface area contributed by atoms with Gasteiger partial charge in [0.15, 0.2) is 5.78 Å². The fourth-order valence-corrected chi connectivity index (χ4v) is 3.21. The minimum Gasteiger partial charge on any atom is -0.379 e. The van der Waals surface area contributed by atoms with Crippen LogP contribution in [0.3, 0.4) is 0 Å². The van der Waals surface area contributed by atoms with E-state index >= 15 is 0 Å². The molecular weight excluding hydrogens is 298 g/mol. The Labute approximate surface area is 144 Å². The standard InChI is InChI=1S/C21H25NO2/c1-3-21(23)20-6-4-5-19(15-20)18-9-7-17(8-10-18)16(2)22-11-13-24-14-12-22/h4-10,15-16H,3,11-14H2,1-2H3. The van der Waals surface area contributed by atoms with Gasteiger partial charge in [0.05, 0.1) is 13.2 Å². The predicted molar refractivity (Wildman–Crippen MR) is 97.3 cm³/mol. The first-order chi connectivity index (χ1) is 11.7. The molecule has 3 rings (SSSR count). The summed E-state index contributed by atoms with van der Waals surface area (Å²) in [4.78, 5) is 14.4. The zero-order valence-corrected chi connectivity index (χ0v) is 14.5. The predicted octanol–water partition coefficient (Wildman–Crippen LogP) is 4.34. The highest BCUT2D eigenvalue weighted by Crippen LogP contribution is 2.26. The second kappa shape index (κ2) is 7.73. The Morgan fingerprint density at radius 2 is 1.79 bits per heavy atom. The number of carbonyl (C=O) groups is 1. The Morgan fingerprint density at radius 1 is 1.08 bits per heavy atom. The van der Waals surface area contributed by atoms with Gasteiger partial charge in [-0.25, -0.2) is 0 Å². The summed E-state index contributed by atoms with van der Waals surface area (Å²) in [5.41, 5.74) is 4.36. The van der Waals surface area contributed by atoms with Crippen LogP contribution >= 0.6 is 0 Å². The van der Waals surface area contributed by atoms with E-state index in [1.807, 2.05) is 25.1 Å². The van der Waals surface area contributed by atoms with E-state index in [2.05, 4.69) is 42.2 Å². The summed E-state index contributed by atoms with van der Waals surface area (Å²) in [5, 5.41) is 0. The van der Waals surface area contributed by atoms with Gasteiger partial charge in [0.1, 0.15) is 0 Å². The van der Waals surface area contributed by atoms with Gasteiger partial charge in [-0.3, -0.25) is 9.69 Å². The van der Waals surface area contributed by atoms with Crippen molar-refractivity contribution in [1.82, 2.24) is 4.90 Å². The number of ether oxygens (including phenoxy) is 1. The van der Waals surface area contributed by atoms with Crippen LogP contribution in [0.2, 0.25) is 0 Å². The lowest BCUT2D eigenvalue weighted by Crippen LogP contribution is -2.37. The maximum atomic E-state index is 11.9. The van der Waals surface area contributed by atoms with E-state index in [-0.39, 0.29) is 5.78 Å². The first-order valence-electron chi connectivity index (χ1n) is 8.74. The lowest BCUT2D eigenvalue weighted by Gasteiger charge is -2.32. The van der Waals surface area contributed by atoms with Crippen LogP contribution < -0.4 is 0 Å². The van der Waals surface area contributed by atoms with Crippen LogP contribution in [-0.4, -0.2) is 37.0 Å². The molecule has 0 radical (unpaired) electrons. The van der Waals surface area contributed by atoms with Crippen molar-refractivity contribution < 1.29 is 9.53 Å². The number of nitrogens with zero attached hydrogens (tertiary/aromatic N) is 1. The van der Waals surface area contributed by atoms with Crippen LogP contribution in [0.25, 0.3) is 11.1 Å². The van der Waals surface area contributed by atoms with Crippen LogP contribution in [0, 0.1) is 0 Å². The van der Waals surface area contributed by atoms with Gasteiger partial charge in [-0.05, 0) is 29.7 Å². The topological polar surface area (TPSA) is 29.5 Å². The van der Waals surface area contributed by atoms with Crippen molar-refractivity contribution in [3.8, 4) is 11.1 Å². The molecule has 126 valence electrons. The van der Waals surface area contributed by atoms with E-state index in [9.17, 15) is 4.79 Å². The van der Waals surface area contributed by atoms with Crippen LogP contribution in [0.4, 0.5) is 0 Å². The minimum absolute atomic E-state index is 0.189. The number of morpholine rings is 1. The van der Waals surface area contributed by atoms with Gasteiger partial charge in [0, 0.05) is 31.1 Å². The van der Waals surface area contributed by atoms with Gasteiger partial charge in [-0.2, -0.15) is 0 Å². The number of hydrogen-bond acceptors (Lipinski definition) is 3. The molecule has 1 fully saturated rings. The molecular formula is C21H25NO2. The largest absolute Gasteiger partial charge is 0.379 e. The monoisotopic (exact) mass is 323 g/mol. The third-order valence-corrected chi connectivity index (χ3v) is 4.83. The normalized spacial score (nSPS) is 16.8. The Kier molecular flexibility index (Phi) is 5.44. The first kappa shape index (κ1) is 16.9. The Morgan fingerprint density at radius 3 is 2.46 bits per heavy atom. The van der Waals surface area contributed by atoms with Crippen LogP contribution in [0.1, 0.15) is 42.2 Å². The van der Waals surface area contributed by atoms with E-state index in [4.69, 9.17) is 4.74 Å². The summed E-state index contributed by atoms with van der Waals surface area (Å²) < 4.78 is 5.43. The fraction of sp³-hybridized carbons (Fsp3) is 0.381. The Balaban J connectivity index is 1.78. The van der Waals surface area contributed by atoms with Crippen molar-refractivity contribution in [3.05, 3.63) is 59.7 Å². The van der Waals surface area contributed by atoms with Gasteiger partial charge >= 0.3 is 0 Å². The zero-order valence-electron chi connectivity index (χ0n) is 14.5. The molecule has 0 aromatic heterocycles. The zero-order chi connectivity index (χ0) is 16.9. The molecule has 0 spiro atoms. The van der Waals surface area contributed by atoms with E-state index in [0.29, 0.717) is 12.5 Å². The summed E-state index contributed by atoms with van der Waals surface area (Å²) >= 11 is 0. The summed E-state index contributed by atoms with van der Waals surface area (Å²) in [6, 6.07) is 17.0. The molecule has 0 aliphatic carbocycles. The van der Waals surface area contributed by atoms with Crippen molar-refractivity contribution in [2.24, 2.45) is 0 Å². The molecule has 0 amide bonds. The Hall–Kier alpha value is -1.97. The number of ketones is 1. The molecule has 1 heterocycles. The smallest absolute Gasteiger partial charge is 0.162 e. The molecule has 2 aromatic carbocycles. The van der Waals surface area contributed by atoms with E-state index < -0.39 is 0 Å². The minimum atomic E-state index is 0.189. The van der Waals surface area contributed by atoms with E-state index in [1.165, 1.54) is 5.56 Å². The number of hydrogen-bond donors (Lipinski definition) is 0. The molecule has 0 bridgehead atoms. The SMILES string of the molecule is CCC(=O)c1cccc(-c2ccc(C(C)N3CCOCC3)cc2)c1. The second-order valence-corrected chi connectivity index (χ2v) is 6.30. The second-order valence-electron chi connectivity index (χ2n) is 6.30. The third-order valence-electron chi connectivity index (χ3n) is 4.83. The van der Waals surface area contributed by atoms with Gasteiger partial charge in [-0.1, -0.05) is 49.4 Å². The molecule has 0 N–H and O–H groups in total. The highest BCUT2D eigenvalue weighted by Gasteiger charge is 2.18. The molecule has 3 heteroatoms.